The Balaban J connectivity index is 1.35. The molecule has 5 nitrogen and oxygen atoms in total. The molecule has 1 aliphatic carbocycles. The number of nitrogens with zero attached hydrogens (tertiary/aromatic N) is 4. The van der Waals surface area contributed by atoms with Gasteiger partial charge >= 0.3 is 0 Å². The van der Waals surface area contributed by atoms with E-state index in [9.17, 15) is 0 Å². The van der Waals surface area contributed by atoms with Gasteiger partial charge in [-0.3, -0.25) is 4.90 Å². The van der Waals surface area contributed by atoms with Crippen LogP contribution in [0.3, 0.4) is 0 Å². The number of fused-ring (bicyclic) bond motifs is 3. The molecule has 2 aromatic heterocycles. The Bertz CT molecular complexity index is 763. The van der Waals surface area contributed by atoms with Gasteiger partial charge < -0.3 is 9.64 Å². The van der Waals surface area contributed by atoms with Gasteiger partial charge in [0.05, 0.1) is 11.5 Å². The molecule has 4 heterocycles. The van der Waals surface area contributed by atoms with Crippen molar-refractivity contribution in [2.45, 2.75) is 51.0 Å². The molecule has 2 saturated heterocycles. The number of aryl methyl sites for hydroxylation is 2. The summed E-state index contributed by atoms with van der Waals surface area (Å²) >= 11 is 1.91. The summed E-state index contributed by atoms with van der Waals surface area (Å²) in [6.45, 7) is 6.38. The topological polar surface area (TPSA) is 41.5 Å². The van der Waals surface area contributed by atoms with Crippen LogP contribution in [-0.4, -0.2) is 60.3 Å². The van der Waals surface area contributed by atoms with Crippen molar-refractivity contribution >= 4 is 27.4 Å². The lowest BCUT2D eigenvalue weighted by Gasteiger charge is -2.36. The van der Waals surface area contributed by atoms with Gasteiger partial charge in [0.15, 0.2) is 0 Å². The molecule has 3 aliphatic rings. The maximum Gasteiger partial charge on any atom is 0.141 e. The first kappa shape index (κ1) is 16.9. The van der Waals surface area contributed by atoms with Crippen LogP contribution in [0.1, 0.15) is 42.5 Å². The smallest absolute Gasteiger partial charge is 0.141 e. The summed E-state index contributed by atoms with van der Waals surface area (Å²) in [7, 11) is 0. The minimum absolute atomic E-state index is 0.458. The molecule has 2 aromatic rings. The SMILES string of the molecule is c1nc(N2CCN(CC3CCCO3)CC2)c2c3c(sc2n1)CCCCC3. The number of hydrogen-bond acceptors (Lipinski definition) is 6. The van der Waals surface area contributed by atoms with E-state index in [1.54, 1.807) is 16.8 Å². The first-order chi connectivity index (χ1) is 12.9. The van der Waals surface area contributed by atoms with Crippen molar-refractivity contribution < 1.29 is 4.74 Å². The average molecular weight is 373 g/mol. The van der Waals surface area contributed by atoms with Gasteiger partial charge in [0, 0.05) is 44.2 Å². The summed E-state index contributed by atoms with van der Waals surface area (Å²) in [5.74, 6) is 1.19. The van der Waals surface area contributed by atoms with E-state index in [4.69, 9.17) is 9.72 Å². The molecule has 0 spiro atoms. The summed E-state index contributed by atoms with van der Waals surface area (Å²) < 4.78 is 5.81. The van der Waals surface area contributed by atoms with Crippen LogP contribution >= 0.6 is 11.3 Å². The molecule has 0 bridgehead atoms. The van der Waals surface area contributed by atoms with E-state index in [-0.39, 0.29) is 0 Å². The van der Waals surface area contributed by atoms with Gasteiger partial charge in [-0.2, -0.15) is 0 Å². The van der Waals surface area contributed by atoms with Gasteiger partial charge in [0.2, 0.25) is 0 Å². The predicted molar refractivity (Wildman–Crippen MR) is 106 cm³/mol. The Morgan fingerprint density at radius 3 is 2.77 bits per heavy atom. The Morgan fingerprint density at radius 1 is 1.04 bits per heavy atom. The van der Waals surface area contributed by atoms with E-state index < -0.39 is 0 Å². The van der Waals surface area contributed by atoms with Crippen LogP contribution in [0.15, 0.2) is 6.33 Å². The Kier molecular flexibility index (Phi) is 4.82. The molecule has 1 atom stereocenters. The fraction of sp³-hybridized carbons (Fsp3) is 0.700. The molecule has 6 heteroatoms. The number of ether oxygens (including phenoxy) is 1. The van der Waals surface area contributed by atoms with E-state index in [2.05, 4.69) is 14.8 Å². The van der Waals surface area contributed by atoms with E-state index in [1.807, 2.05) is 11.3 Å². The monoisotopic (exact) mass is 372 g/mol. The molecule has 0 radical (unpaired) electrons. The van der Waals surface area contributed by atoms with Crippen molar-refractivity contribution in [1.29, 1.82) is 0 Å². The molecule has 0 aromatic carbocycles. The van der Waals surface area contributed by atoms with Gasteiger partial charge in [-0.05, 0) is 44.1 Å². The molecule has 1 unspecified atom stereocenters. The molecule has 0 saturated carbocycles. The van der Waals surface area contributed by atoms with Crippen LogP contribution < -0.4 is 4.90 Å². The number of anilines is 1. The van der Waals surface area contributed by atoms with Crippen LogP contribution in [0.4, 0.5) is 5.82 Å². The Labute approximate surface area is 159 Å². The third-order valence-corrected chi connectivity index (χ3v) is 7.34. The van der Waals surface area contributed by atoms with Crippen molar-refractivity contribution in [2.75, 3.05) is 44.2 Å². The summed E-state index contributed by atoms with van der Waals surface area (Å²) in [6.07, 6.45) is 11.1. The van der Waals surface area contributed by atoms with Gasteiger partial charge in [0.25, 0.3) is 0 Å². The second-order valence-electron chi connectivity index (χ2n) is 7.86. The highest BCUT2D eigenvalue weighted by molar-refractivity contribution is 7.18. The first-order valence-electron chi connectivity index (χ1n) is 10.2. The highest BCUT2D eigenvalue weighted by Gasteiger charge is 2.26. The van der Waals surface area contributed by atoms with Crippen molar-refractivity contribution in [3.05, 3.63) is 16.8 Å². The normalized spacial score (nSPS) is 24.8. The van der Waals surface area contributed by atoms with E-state index in [0.29, 0.717) is 6.10 Å². The molecule has 140 valence electrons. The maximum absolute atomic E-state index is 5.81. The number of piperazine rings is 1. The number of aromatic nitrogens is 2. The minimum atomic E-state index is 0.458. The lowest BCUT2D eigenvalue weighted by molar-refractivity contribution is 0.0712. The Morgan fingerprint density at radius 2 is 1.92 bits per heavy atom. The molecular weight excluding hydrogens is 344 g/mol. The van der Waals surface area contributed by atoms with Gasteiger partial charge in [-0.15, -0.1) is 11.3 Å². The zero-order valence-corrected chi connectivity index (χ0v) is 16.3. The highest BCUT2D eigenvalue weighted by Crippen LogP contribution is 2.38. The van der Waals surface area contributed by atoms with Crippen molar-refractivity contribution in [2.24, 2.45) is 0 Å². The summed E-state index contributed by atoms with van der Waals surface area (Å²) in [5, 5.41) is 1.36. The fourth-order valence-corrected chi connectivity index (χ4v) is 5.93. The van der Waals surface area contributed by atoms with Crippen molar-refractivity contribution in [3.8, 4) is 0 Å². The maximum atomic E-state index is 5.81. The summed E-state index contributed by atoms with van der Waals surface area (Å²) in [4.78, 5) is 17.2. The summed E-state index contributed by atoms with van der Waals surface area (Å²) in [6, 6.07) is 0. The molecule has 2 fully saturated rings. The number of hydrogen-bond donors (Lipinski definition) is 0. The number of thiophene rings is 1. The van der Waals surface area contributed by atoms with Gasteiger partial charge in [-0.1, -0.05) is 6.42 Å². The van der Waals surface area contributed by atoms with Crippen molar-refractivity contribution in [3.63, 3.8) is 0 Å². The highest BCUT2D eigenvalue weighted by atomic mass is 32.1. The lowest BCUT2D eigenvalue weighted by Crippen LogP contribution is -2.48. The second-order valence-corrected chi connectivity index (χ2v) is 8.95. The van der Waals surface area contributed by atoms with E-state index in [0.717, 1.165) is 39.3 Å². The van der Waals surface area contributed by atoms with E-state index >= 15 is 0 Å². The summed E-state index contributed by atoms with van der Waals surface area (Å²) in [5.41, 5.74) is 1.56. The third kappa shape index (κ3) is 3.23. The second kappa shape index (κ2) is 7.41. The van der Waals surface area contributed by atoms with E-state index in [1.165, 1.54) is 61.0 Å². The molecule has 26 heavy (non-hydrogen) atoms. The zero-order valence-electron chi connectivity index (χ0n) is 15.5. The molecule has 2 aliphatic heterocycles. The lowest BCUT2D eigenvalue weighted by atomic mass is 10.1. The van der Waals surface area contributed by atoms with Gasteiger partial charge in [-0.25, -0.2) is 9.97 Å². The fourth-order valence-electron chi connectivity index (χ4n) is 4.71. The van der Waals surface area contributed by atoms with Crippen LogP contribution in [0.2, 0.25) is 0 Å². The first-order valence-corrected chi connectivity index (χ1v) is 11.0. The quantitative estimate of drug-likeness (QED) is 0.774. The van der Waals surface area contributed by atoms with Crippen LogP contribution in [-0.2, 0) is 17.6 Å². The molecule has 5 rings (SSSR count). The Hall–Kier alpha value is -1.24. The van der Waals surface area contributed by atoms with Crippen LogP contribution in [0.25, 0.3) is 10.2 Å². The largest absolute Gasteiger partial charge is 0.377 e. The van der Waals surface area contributed by atoms with Gasteiger partial charge in [0.1, 0.15) is 17.0 Å². The van der Waals surface area contributed by atoms with Crippen LogP contribution in [0.5, 0.6) is 0 Å². The van der Waals surface area contributed by atoms with Crippen LogP contribution in [0, 0.1) is 0 Å². The number of rotatable bonds is 3. The third-order valence-electron chi connectivity index (χ3n) is 6.14. The van der Waals surface area contributed by atoms with Crippen molar-refractivity contribution in [1.82, 2.24) is 14.9 Å². The standard InChI is InChI=1S/C20H28N4OS/c1-2-6-16-17(7-3-1)26-20-18(16)19(21-14-22-20)24-10-8-23(9-11-24)13-15-5-4-12-25-15/h14-15H,1-13H2. The molecule has 0 amide bonds. The average Bonchev–Trinajstić information content (AvgIpc) is 3.24. The predicted octanol–water partition coefficient (Wildman–Crippen LogP) is 3.26. The zero-order chi connectivity index (χ0) is 17.3. The minimum Gasteiger partial charge on any atom is -0.377 e. The molecule has 0 N–H and O–H groups in total. The molecular formula is C20H28N4OS.